The van der Waals surface area contributed by atoms with Crippen LogP contribution in [0.4, 0.5) is 0 Å². The Kier molecular flexibility index (Phi) is 9.69. The van der Waals surface area contributed by atoms with Crippen molar-refractivity contribution in [2.45, 2.75) is 92.6 Å². The second-order valence-corrected chi connectivity index (χ2v) is 9.82. The van der Waals surface area contributed by atoms with Crippen molar-refractivity contribution in [1.82, 2.24) is 10.3 Å². The van der Waals surface area contributed by atoms with Crippen LogP contribution in [0, 0.1) is 6.92 Å². The Balaban J connectivity index is 2.62. The minimum absolute atomic E-state index is 0.0734. The highest BCUT2D eigenvalue weighted by Crippen LogP contribution is 2.36. The first kappa shape index (κ1) is 28.1. The first-order chi connectivity index (χ1) is 16.4. The van der Waals surface area contributed by atoms with Crippen LogP contribution in [0.5, 0.6) is 0 Å². The zero-order valence-electron chi connectivity index (χ0n) is 22.3. The molecule has 0 aliphatic carbocycles. The predicted molar refractivity (Wildman–Crippen MR) is 138 cm³/mol. The highest BCUT2D eigenvalue weighted by molar-refractivity contribution is 6.02. The van der Waals surface area contributed by atoms with Crippen LogP contribution >= 0.6 is 0 Å². The van der Waals surface area contributed by atoms with E-state index in [1.807, 2.05) is 41.5 Å². The second-order valence-electron chi connectivity index (χ2n) is 9.82. The molecule has 192 valence electrons. The second kappa shape index (κ2) is 12.0. The van der Waals surface area contributed by atoms with E-state index in [2.05, 4.69) is 23.8 Å². The van der Waals surface area contributed by atoms with Gasteiger partial charge in [0.05, 0.1) is 0 Å². The average Bonchev–Trinajstić information content (AvgIpc) is 3.25. The number of H-pyrrole nitrogens is 1. The van der Waals surface area contributed by atoms with E-state index in [0.29, 0.717) is 18.5 Å². The van der Waals surface area contributed by atoms with Gasteiger partial charge in [-0.3, -0.25) is 9.59 Å². The minimum atomic E-state index is -0.672. The molecule has 0 unspecified atom stereocenters. The van der Waals surface area contributed by atoms with Crippen molar-refractivity contribution in [2.75, 3.05) is 6.61 Å². The Morgan fingerprint density at radius 1 is 1.09 bits per heavy atom. The van der Waals surface area contributed by atoms with E-state index in [0.717, 1.165) is 58.5 Å². The summed E-state index contributed by atoms with van der Waals surface area (Å²) in [5, 5.41) is 3.06. The SMILES string of the molecule is C=CCOC(=O)CCc1c(C(=O)OC(C)(C)C)[nH]c(/C(CCCC)=C2/NC(=O)C(CC)=C2C)c1C. The van der Waals surface area contributed by atoms with Crippen LogP contribution in [0.15, 0.2) is 29.5 Å². The Labute approximate surface area is 209 Å². The van der Waals surface area contributed by atoms with Crippen molar-refractivity contribution in [2.24, 2.45) is 0 Å². The molecule has 35 heavy (non-hydrogen) atoms. The number of rotatable bonds is 11. The molecule has 0 saturated carbocycles. The Bertz CT molecular complexity index is 1050. The number of aromatic nitrogens is 1. The summed E-state index contributed by atoms with van der Waals surface area (Å²) in [6, 6.07) is 0. The Morgan fingerprint density at radius 3 is 2.31 bits per heavy atom. The lowest BCUT2D eigenvalue weighted by Crippen LogP contribution is -2.25. The molecule has 0 atom stereocenters. The fraction of sp³-hybridized carbons (Fsp3) is 0.536. The summed E-state index contributed by atoms with van der Waals surface area (Å²) in [6.07, 6.45) is 5.25. The summed E-state index contributed by atoms with van der Waals surface area (Å²) in [6.45, 7) is 17.1. The molecule has 0 bridgehead atoms. The molecule has 0 aromatic carbocycles. The van der Waals surface area contributed by atoms with Crippen LogP contribution in [-0.2, 0) is 25.5 Å². The number of unbranched alkanes of at least 4 members (excludes halogenated alkanes) is 1. The van der Waals surface area contributed by atoms with Gasteiger partial charge in [0, 0.05) is 23.4 Å². The van der Waals surface area contributed by atoms with Crippen molar-refractivity contribution in [3.63, 3.8) is 0 Å². The first-order valence-corrected chi connectivity index (χ1v) is 12.4. The average molecular weight is 485 g/mol. The summed E-state index contributed by atoms with van der Waals surface area (Å²) in [4.78, 5) is 41.2. The van der Waals surface area contributed by atoms with E-state index in [1.54, 1.807) is 0 Å². The van der Waals surface area contributed by atoms with Gasteiger partial charge in [-0.1, -0.05) is 32.9 Å². The zero-order valence-corrected chi connectivity index (χ0v) is 22.3. The molecular formula is C28H40N2O5. The van der Waals surface area contributed by atoms with Crippen molar-refractivity contribution in [3.8, 4) is 0 Å². The maximum atomic E-state index is 13.2. The van der Waals surface area contributed by atoms with Crippen LogP contribution in [0.3, 0.4) is 0 Å². The van der Waals surface area contributed by atoms with Crippen molar-refractivity contribution < 1.29 is 23.9 Å². The molecule has 1 aromatic heterocycles. The third kappa shape index (κ3) is 6.96. The lowest BCUT2D eigenvalue weighted by Gasteiger charge is -2.19. The lowest BCUT2D eigenvalue weighted by atomic mass is 9.95. The van der Waals surface area contributed by atoms with Crippen molar-refractivity contribution in [1.29, 1.82) is 0 Å². The molecule has 0 radical (unpaired) electrons. The molecule has 1 aliphatic rings. The topological polar surface area (TPSA) is 97.5 Å². The minimum Gasteiger partial charge on any atom is -0.461 e. The number of esters is 2. The van der Waals surface area contributed by atoms with E-state index in [-0.39, 0.29) is 24.9 Å². The molecule has 1 aliphatic heterocycles. The molecule has 0 fully saturated rings. The maximum Gasteiger partial charge on any atom is 0.355 e. The molecule has 0 saturated heterocycles. The van der Waals surface area contributed by atoms with Gasteiger partial charge in [-0.15, -0.1) is 0 Å². The number of allylic oxidation sites excluding steroid dienone is 2. The summed E-state index contributed by atoms with van der Waals surface area (Å²) >= 11 is 0. The van der Waals surface area contributed by atoms with Crippen molar-refractivity contribution >= 4 is 23.4 Å². The number of hydrogen-bond acceptors (Lipinski definition) is 5. The van der Waals surface area contributed by atoms with Gasteiger partial charge in [0.2, 0.25) is 0 Å². The molecule has 0 spiro atoms. The van der Waals surface area contributed by atoms with E-state index in [1.165, 1.54) is 6.08 Å². The number of carbonyl (C=O) groups is 3. The number of aromatic amines is 1. The number of nitrogens with one attached hydrogen (secondary N) is 2. The monoisotopic (exact) mass is 484 g/mol. The highest BCUT2D eigenvalue weighted by Gasteiger charge is 2.30. The molecule has 7 nitrogen and oxygen atoms in total. The van der Waals surface area contributed by atoms with Crippen molar-refractivity contribution in [3.05, 3.63) is 52.0 Å². The van der Waals surface area contributed by atoms with Gasteiger partial charge >= 0.3 is 11.9 Å². The highest BCUT2D eigenvalue weighted by atomic mass is 16.6. The molecule has 1 amide bonds. The summed E-state index contributed by atoms with van der Waals surface area (Å²) < 4.78 is 10.8. The van der Waals surface area contributed by atoms with E-state index in [4.69, 9.17) is 9.47 Å². The molecule has 2 N–H and O–H groups in total. The fourth-order valence-corrected chi connectivity index (χ4v) is 4.26. The molecule has 2 rings (SSSR count). The van der Waals surface area contributed by atoms with Gasteiger partial charge in [-0.25, -0.2) is 4.79 Å². The van der Waals surface area contributed by atoms with Gasteiger partial charge in [0.1, 0.15) is 17.9 Å². The van der Waals surface area contributed by atoms with Gasteiger partial charge in [0.25, 0.3) is 5.91 Å². The van der Waals surface area contributed by atoms with Crippen LogP contribution in [0.1, 0.15) is 101 Å². The third-order valence-electron chi connectivity index (χ3n) is 6.00. The zero-order chi connectivity index (χ0) is 26.3. The Hall–Kier alpha value is -3.09. The summed E-state index contributed by atoms with van der Waals surface area (Å²) in [5.41, 5.74) is 5.52. The first-order valence-electron chi connectivity index (χ1n) is 12.4. The van der Waals surface area contributed by atoms with Gasteiger partial charge in [-0.05, 0) is 82.6 Å². The Morgan fingerprint density at radius 2 is 1.77 bits per heavy atom. The molecule has 1 aromatic rings. The van der Waals surface area contributed by atoms with Gasteiger partial charge in [-0.2, -0.15) is 0 Å². The smallest absolute Gasteiger partial charge is 0.355 e. The number of hydrogen-bond donors (Lipinski definition) is 2. The van der Waals surface area contributed by atoms with E-state index < -0.39 is 11.6 Å². The normalized spacial score (nSPS) is 15.2. The van der Waals surface area contributed by atoms with Crippen LogP contribution in [0.2, 0.25) is 0 Å². The molecular weight excluding hydrogens is 444 g/mol. The third-order valence-corrected chi connectivity index (χ3v) is 6.00. The summed E-state index contributed by atoms with van der Waals surface area (Å²) in [7, 11) is 0. The molecule has 2 heterocycles. The maximum absolute atomic E-state index is 13.2. The van der Waals surface area contributed by atoms with E-state index in [9.17, 15) is 14.4 Å². The van der Waals surface area contributed by atoms with Gasteiger partial charge < -0.3 is 19.8 Å². The predicted octanol–water partition coefficient (Wildman–Crippen LogP) is 5.70. The largest absolute Gasteiger partial charge is 0.461 e. The summed E-state index contributed by atoms with van der Waals surface area (Å²) in [5.74, 6) is -0.907. The lowest BCUT2D eigenvalue weighted by molar-refractivity contribution is -0.142. The standard InChI is InChI=1S/C28H40N2O5/c1-9-12-13-21(24-17(4)19(11-3)26(32)30-24)23-18(5)20(14-15-22(31)34-16-10-2)25(29-23)27(33)35-28(6,7)8/h10,29H,2,9,11-16H2,1,3-8H3,(H,30,32)/b24-21+. The van der Waals surface area contributed by atoms with Crippen LogP contribution in [-0.4, -0.2) is 35.0 Å². The number of amides is 1. The quantitative estimate of drug-likeness (QED) is 0.310. The fourth-order valence-electron chi connectivity index (χ4n) is 4.26. The number of carbonyl (C=O) groups excluding carboxylic acids is 3. The van der Waals surface area contributed by atoms with Crippen LogP contribution < -0.4 is 5.32 Å². The number of ether oxygens (including phenoxy) is 2. The van der Waals surface area contributed by atoms with E-state index >= 15 is 0 Å². The van der Waals surface area contributed by atoms with Crippen LogP contribution in [0.25, 0.3) is 5.57 Å². The molecule has 7 heteroatoms. The van der Waals surface area contributed by atoms with Gasteiger partial charge in [0.15, 0.2) is 0 Å².